The maximum atomic E-state index is 10.4. The van der Waals surface area contributed by atoms with Gasteiger partial charge in [0.1, 0.15) is 0 Å². The molecule has 0 fully saturated rings. The van der Waals surface area contributed by atoms with Gasteiger partial charge < -0.3 is 10.4 Å². The molecule has 4 nitrogen and oxygen atoms in total. The smallest absolute Gasteiger partial charge is 0.171 e. The maximum absolute atomic E-state index is 10.4. The van der Waals surface area contributed by atoms with Crippen molar-refractivity contribution >= 4 is 28.2 Å². The van der Waals surface area contributed by atoms with Gasteiger partial charge in [-0.05, 0) is 16.3 Å². The van der Waals surface area contributed by atoms with E-state index in [1.165, 1.54) is 6.20 Å². The van der Waals surface area contributed by atoms with Crippen LogP contribution in [0, 0.1) is 0 Å². The topological polar surface area (TPSA) is 58.0 Å². The summed E-state index contributed by atoms with van der Waals surface area (Å²) in [7, 11) is 0. The zero-order valence-corrected chi connectivity index (χ0v) is 12.0. The van der Waals surface area contributed by atoms with Crippen molar-refractivity contribution in [3.05, 3.63) is 65.6 Å². The van der Waals surface area contributed by atoms with E-state index >= 15 is 0 Å². The van der Waals surface area contributed by atoms with Gasteiger partial charge in [0, 0.05) is 18.9 Å². The number of nitrogens with one attached hydrogen (secondary N) is 1. The largest absolute Gasteiger partial charge is 0.387 e. The molecule has 1 aromatic heterocycles. The second kappa shape index (κ2) is 6.08. The fourth-order valence-corrected chi connectivity index (χ4v) is 2.46. The second-order valence-corrected chi connectivity index (χ2v) is 5.02. The van der Waals surface area contributed by atoms with Gasteiger partial charge in [0.15, 0.2) is 11.0 Å². The first-order valence-electron chi connectivity index (χ1n) is 6.62. The van der Waals surface area contributed by atoms with Crippen LogP contribution in [0.15, 0.2) is 54.9 Å². The fraction of sp³-hybridized carbons (Fsp3) is 0.125. The lowest BCUT2D eigenvalue weighted by Crippen LogP contribution is -2.13. The summed E-state index contributed by atoms with van der Waals surface area (Å²) in [4.78, 5) is 8.03. The highest BCUT2D eigenvalue weighted by Crippen LogP contribution is 2.25. The molecule has 0 aliphatic rings. The number of anilines is 1. The number of rotatable bonds is 4. The van der Waals surface area contributed by atoms with E-state index in [-0.39, 0.29) is 0 Å². The zero-order chi connectivity index (χ0) is 14.7. The summed E-state index contributed by atoms with van der Waals surface area (Å²) in [6, 6.07) is 13.9. The van der Waals surface area contributed by atoms with Crippen LogP contribution < -0.4 is 5.32 Å². The Morgan fingerprint density at radius 2 is 1.81 bits per heavy atom. The molecule has 0 spiro atoms. The van der Waals surface area contributed by atoms with E-state index in [1.807, 2.05) is 42.5 Å². The Bertz CT molecular complexity index is 758. The molecule has 0 aliphatic heterocycles. The third kappa shape index (κ3) is 2.96. The lowest BCUT2D eigenvalue weighted by atomic mass is 10.0. The van der Waals surface area contributed by atoms with Crippen molar-refractivity contribution in [3.8, 4) is 0 Å². The van der Waals surface area contributed by atoms with Gasteiger partial charge in [-0.25, -0.2) is 9.97 Å². The Morgan fingerprint density at radius 1 is 1.05 bits per heavy atom. The van der Waals surface area contributed by atoms with Crippen LogP contribution in [-0.2, 0) is 0 Å². The van der Waals surface area contributed by atoms with Crippen molar-refractivity contribution in [1.82, 2.24) is 9.97 Å². The van der Waals surface area contributed by atoms with Crippen molar-refractivity contribution < 1.29 is 5.11 Å². The van der Waals surface area contributed by atoms with Crippen LogP contribution in [0.5, 0.6) is 0 Å². The average molecular weight is 300 g/mol. The highest BCUT2D eigenvalue weighted by molar-refractivity contribution is 6.31. The number of benzene rings is 2. The molecule has 0 saturated heterocycles. The van der Waals surface area contributed by atoms with Gasteiger partial charge in [0.05, 0.1) is 6.10 Å². The van der Waals surface area contributed by atoms with Crippen molar-refractivity contribution in [2.24, 2.45) is 0 Å². The number of halogens is 1. The molecular weight excluding hydrogens is 286 g/mol. The van der Waals surface area contributed by atoms with Gasteiger partial charge in [-0.3, -0.25) is 0 Å². The highest BCUT2D eigenvalue weighted by Gasteiger charge is 2.12. The summed E-state index contributed by atoms with van der Waals surface area (Å²) in [6.07, 6.45) is 2.42. The molecule has 0 amide bonds. The van der Waals surface area contributed by atoms with Crippen LogP contribution in [0.2, 0.25) is 5.15 Å². The number of nitrogens with zero attached hydrogens (tertiary/aromatic N) is 2. The summed E-state index contributed by atoms with van der Waals surface area (Å²) in [6.45, 7) is 0.312. The number of hydrogen-bond donors (Lipinski definition) is 2. The fourth-order valence-electron chi connectivity index (χ4n) is 2.28. The van der Waals surface area contributed by atoms with Gasteiger partial charge >= 0.3 is 0 Å². The number of aromatic nitrogens is 2. The minimum atomic E-state index is -0.658. The van der Waals surface area contributed by atoms with Gasteiger partial charge in [0.2, 0.25) is 0 Å². The molecule has 0 radical (unpaired) electrons. The van der Waals surface area contributed by atoms with E-state index in [0.29, 0.717) is 17.5 Å². The molecule has 1 heterocycles. The average Bonchev–Trinajstić information content (AvgIpc) is 2.53. The minimum absolute atomic E-state index is 0.294. The molecule has 2 N–H and O–H groups in total. The van der Waals surface area contributed by atoms with Crippen molar-refractivity contribution in [3.63, 3.8) is 0 Å². The molecule has 3 aromatic rings. The first kappa shape index (κ1) is 13.8. The summed E-state index contributed by atoms with van der Waals surface area (Å²) >= 11 is 5.93. The van der Waals surface area contributed by atoms with Crippen molar-refractivity contribution in [2.45, 2.75) is 6.10 Å². The first-order valence-corrected chi connectivity index (χ1v) is 6.99. The van der Waals surface area contributed by atoms with E-state index in [1.54, 1.807) is 6.20 Å². The Kier molecular flexibility index (Phi) is 3.99. The molecule has 0 aliphatic carbocycles. The first-order chi connectivity index (χ1) is 10.3. The Labute approximate surface area is 127 Å². The van der Waals surface area contributed by atoms with E-state index in [0.717, 1.165) is 16.3 Å². The minimum Gasteiger partial charge on any atom is -0.387 e. The molecule has 3 rings (SSSR count). The standard InChI is InChI=1S/C16H14ClN3O/c17-15-16(19-9-8-18-15)20-10-14(21)13-7-3-5-11-4-1-2-6-12(11)13/h1-9,14,21H,10H2,(H,19,20). The predicted molar refractivity (Wildman–Crippen MR) is 84.4 cm³/mol. The third-order valence-corrected chi connectivity index (χ3v) is 3.58. The Balaban J connectivity index is 1.81. The van der Waals surface area contributed by atoms with Crippen LogP contribution in [0.4, 0.5) is 5.82 Å². The number of aliphatic hydroxyl groups is 1. The van der Waals surface area contributed by atoms with Crippen molar-refractivity contribution in [1.29, 1.82) is 0 Å². The highest BCUT2D eigenvalue weighted by atomic mass is 35.5. The number of aliphatic hydroxyl groups excluding tert-OH is 1. The van der Waals surface area contributed by atoms with Gasteiger partial charge in [-0.2, -0.15) is 0 Å². The quantitative estimate of drug-likeness (QED) is 0.775. The zero-order valence-electron chi connectivity index (χ0n) is 11.2. The molecule has 5 heteroatoms. The van der Waals surface area contributed by atoms with Crippen LogP contribution in [0.25, 0.3) is 10.8 Å². The predicted octanol–water partition coefficient (Wildman–Crippen LogP) is 3.43. The normalized spacial score (nSPS) is 12.3. The van der Waals surface area contributed by atoms with Crippen molar-refractivity contribution in [2.75, 3.05) is 11.9 Å². The van der Waals surface area contributed by atoms with Crippen LogP contribution in [-0.4, -0.2) is 21.6 Å². The van der Waals surface area contributed by atoms with Crippen LogP contribution >= 0.6 is 11.6 Å². The lowest BCUT2D eigenvalue weighted by Gasteiger charge is -2.15. The third-order valence-electron chi connectivity index (χ3n) is 3.30. The lowest BCUT2D eigenvalue weighted by molar-refractivity contribution is 0.193. The summed E-state index contributed by atoms with van der Waals surface area (Å²) in [5.74, 6) is 0.471. The van der Waals surface area contributed by atoms with Crippen LogP contribution in [0.1, 0.15) is 11.7 Å². The maximum Gasteiger partial charge on any atom is 0.171 e. The van der Waals surface area contributed by atoms with E-state index in [2.05, 4.69) is 15.3 Å². The monoisotopic (exact) mass is 299 g/mol. The van der Waals surface area contributed by atoms with Gasteiger partial charge in [0.25, 0.3) is 0 Å². The number of hydrogen-bond acceptors (Lipinski definition) is 4. The molecule has 1 unspecified atom stereocenters. The molecular formula is C16H14ClN3O. The molecule has 21 heavy (non-hydrogen) atoms. The van der Waals surface area contributed by atoms with E-state index < -0.39 is 6.10 Å². The number of fused-ring (bicyclic) bond motifs is 1. The summed E-state index contributed by atoms with van der Waals surface area (Å²) in [5, 5.41) is 15.9. The van der Waals surface area contributed by atoms with Crippen LogP contribution in [0.3, 0.4) is 0 Å². The molecule has 0 bridgehead atoms. The van der Waals surface area contributed by atoms with E-state index in [9.17, 15) is 5.11 Å². The SMILES string of the molecule is OC(CNc1nccnc1Cl)c1cccc2ccccc12. The summed E-state index contributed by atoms with van der Waals surface area (Å²) < 4.78 is 0. The van der Waals surface area contributed by atoms with Gasteiger partial charge in [-0.15, -0.1) is 0 Å². The molecule has 0 saturated carbocycles. The summed E-state index contributed by atoms with van der Waals surface area (Å²) in [5.41, 5.74) is 0.876. The second-order valence-electron chi connectivity index (χ2n) is 4.66. The Hall–Kier alpha value is -2.17. The van der Waals surface area contributed by atoms with Gasteiger partial charge in [-0.1, -0.05) is 54.1 Å². The van der Waals surface area contributed by atoms with E-state index in [4.69, 9.17) is 11.6 Å². The molecule has 1 atom stereocenters. The molecule has 106 valence electrons. The Morgan fingerprint density at radius 3 is 2.67 bits per heavy atom. The molecule has 2 aromatic carbocycles.